The molecule has 1 aromatic rings. The Labute approximate surface area is 75.7 Å². The number of ether oxygens (including phenoxy) is 1. The molecule has 2 N–H and O–H groups in total. The number of nitrogens with two attached hydrogens (primary N) is 1. The molecule has 4 heteroatoms. The molecule has 0 radical (unpaired) electrons. The molecular weight excluding hydrogens is 168 g/mol. The number of hydrogen-bond donors (Lipinski definition) is 1. The number of carbonyl (C=O) groups is 1. The predicted octanol–water partition coefficient (Wildman–Crippen LogP) is 0.979. The van der Waals surface area contributed by atoms with Gasteiger partial charge in [0.25, 0.3) is 0 Å². The second-order valence-electron chi connectivity index (χ2n) is 3.09. The van der Waals surface area contributed by atoms with Crippen LogP contribution in [0.25, 0.3) is 0 Å². The quantitative estimate of drug-likeness (QED) is 0.685. The summed E-state index contributed by atoms with van der Waals surface area (Å²) >= 11 is 0. The molecule has 0 aromatic carbocycles. The first-order valence-electron chi connectivity index (χ1n) is 4.19. The highest BCUT2D eigenvalue weighted by atomic mass is 16.5. The molecule has 1 aromatic heterocycles. The summed E-state index contributed by atoms with van der Waals surface area (Å²) in [6.07, 6.45) is 3.39. The molecule has 1 aliphatic rings. The Hall–Kier alpha value is -1.58. The van der Waals surface area contributed by atoms with Gasteiger partial charge in [0.05, 0.1) is 11.6 Å². The van der Waals surface area contributed by atoms with Gasteiger partial charge in [-0.1, -0.05) is 0 Å². The summed E-state index contributed by atoms with van der Waals surface area (Å²) in [5, 5.41) is 0. The SMILES string of the molecule is Nc1cccnc1OC(=O)C1CC1. The summed E-state index contributed by atoms with van der Waals surface area (Å²) in [6.45, 7) is 0. The van der Waals surface area contributed by atoms with Crippen LogP contribution >= 0.6 is 0 Å². The van der Waals surface area contributed by atoms with Crippen molar-refractivity contribution in [3.63, 3.8) is 0 Å². The fourth-order valence-corrected chi connectivity index (χ4v) is 0.986. The minimum atomic E-state index is -0.217. The maximum atomic E-state index is 11.2. The Morgan fingerprint density at radius 2 is 2.38 bits per heavy atom. The molecular formula is C9H10N2O2. The highest BCUT2D eigenvalue weighted by molar-refractivity contribution is 5.78. The second kappa shape index (κ2) is 3.05. The molecule has 4 nitrogen and oxygen atoms in total. The number of nitrogens with zero attached hydrogens (tertiary/aromatic N) is 1. The van der Waals surface area contributed by atoms with E-state index in [2.05, 4.69) is 4.98 Å². The molecule has 0 aliphatic heterocycles. The number of pyridine rings is 1. The zero-order chi connectivity index (χ0) is 9.26. The maximum Gasteiger partial charge on any atom is 0.315 e. The normalized spacial score (nSPS) is 15.4. The van der Waals surface area contributed by atoms with E-state index in [0.29, 0.717) is 5.69 Å². The Morgan fingerprint density at radius 3 is 3.00 bits per heavy atom. The van der Waals surface area contributed by atoms with E-state index in [0.717, 1.165) is 12.8 Å². The van der Waals surface area contributed by atoms with Gasteiger partial charge >= 0.3 is 5.97 Å². The molecule has 68 valence electrons. The average molecular weight is 178 g/mol. The monoisotopic (exact) mass is 178 g/mol. The van der Waals surface area contributed by atoms with Crippen LogP contribution in [0.1, 0.15) is 12.8 Å². The number of nitrogen functional groups attached to an aromatic ring is 1. The van der Waals surface area contributed by atoms with E-state index in [9.17, 15) is 4.79 Å². The third-order valence-corrected chi connectivity index (χ3v) is 1.91. The summed E-state index contributed by atoms with van der Waals surface area (Å²) in [5.41, 5.74) is 5.95. The molecule has 1 heterocycles. The van der Waals surface area contributed by atoms with Crippen LogP contribution in [0.2, 0.25) is 0 Å². The van der Waals surface area contributed by atoms with Crippen molar-refractivity contribution in [2.45, 2.75) is 12.8 Å². The topological polar surface area (TPSA) is 65.2 Å². The second-order valence-corrected chi connectivity index (χ2v) is 3.09. The first-order valence-corrected chi connectivity index (χ1v) is 4.19. The van der Waals surface area contributed by atoms with Gasteiger partial charge < -0.3 is 10.5 Å². The van der Waals surface area contributed by atoms with Crippen LogP contribution in [0.15, 0.2) is 18.3 Å². The molecule has 2 rings (SSSR count). The standard InChI is InChI=1S/C9H10N2O2/c10-7-2-1-5-11-8(7)13-9(12)6-3-4-6/h1-2,5-6H,3-4,10H2. The Kier molecular flexibility index (Phi) is 1.88. The van der Waals surface area contributed by atoms with Crippen LogP contribution in [0.4, 0.5) is 5.69 Å². The van der Waals surface area contributed by atoms with E-state index in [4.69, 9.17) is 10.5 Å². The largest absolute Gasteiger partial charge is 0.405 e. The van der Waals surface area contributed by atoms with E-state index in [1.165, 1.54) is 0 Å². The molecule has 0 spiro atoms. The van der Waals surface area contributed by atoms with Crippen LogP contribution in [0, 0.1) is 5.92 Å². The zero-order valence-electron chi connectivity index (χ0n) is 7.06. The van der Waals surface area contributed by atoms with E-state index >= 15 is 0 Å². The van der Waals surface area contributed by atoms with Gasteiger partial charge in [0.1, 0.15) is 0 Å². The highest BCUT2D eigenvalue weighted by Gasteiger charge is 2.32. The van der Waals surface area contributed by atoms with Crippen LogP contribution < -0.4 is 10.5 Å². The van der Waals surface area contributed by atoms with Crippen molar-refractivity contribution in [2.24, 2.45) is 5.92 Å². The predicted molar refractivity (Wildman–Crippen MR) is 47.0 cm³/mol. The fourth-order valence-electron chi connectivity index (χ4n) is 0.986. The van der Waals surface area contributed by atoms with Crippen molar-refractivity contribution in [1.29, 1.82) is 0 Å². The van der Waals surface area contributed by atoms with Crippen LogP contribution in [-0.4, -0.2) is 11.0 Å². The van der Waals surface area contributed by atoms with E-state index in [1.54, 1.807) is 18.3 Å². The minimum Gasteiger partial charge on any atom is -0.405 e. The molecule has 1 fully saturated rings. The van der Waals surface area contributed by atoms with E-state index in [1.807, 2.05) is 0 Å². The molecule has 13 heavy (non-hydrogen) atoms. The van der Waals surface area contributed by atoms with Crippen molar-refractivity contribution < 1.29 is 9.53 Å². The average Bonchev–Trinajstić information content (AvgIpc) is 2.91. The van der Waals surface area contributed by atoms with Gasteiger partial charge in [0.15, 0.2) is 0 Å². The summed E-state index contributed by atoms with van der Waals surface area (Å²) in [7, 11) is 0. The molecule has 0 unspecified atom stereocenters. The summed E-state index contributed by atoms with van der Waals surface area (Å²) in [4.78, 5) is 15.1. The summed E-state index contributed by atoms with van der Waals surface area (Å²) in [5.74, 6) is 0.0752. The van der Waals surface area contributed by atoms with Gasteiger partial charge in [-0.2, -0.15) is 0 Å². The first kappa shape index (κ1) is 8.04. The van der Waals surface area contributed by atoms with Gasteiger partial charge in [-0.25, -0.2) is 4.98 Å². The van der Waals surface area contributed by atoms with Gasteiger partial charge in [-0.05, 0) is 25.0 Å². The number of rotatable bonds is 2. The maximum absolute atomic E-state index is 11.2. The number of anilines is 1. The molecule has 0 atom stereocenters. The van der Waals surface area contributed by atoms with E-state index in [-0.39, 0.29) is 17.8 Å². The minimum absolute atomic E-state index is 0.0707. The van der Waals surface area contributed by atoms with Gasteiger partial charge in [0, 0.05) is 6.20 Å². The first-order chi connectivity index (χ1) is 6.27. The van der Waals surface area contributed by atoms with Crippen molar-refractivity contribution in [3.05, 3.63) is 18.3 Å². The third-order valence-electron chi connectivity index (χ3n) is 1.91. The molecule has 1 aliphatic carbocycles. The van der Waals surface area contributed by atoms with Gasteiger partial charge in [0.2, 0.25) is 5.88 Å². The van der Waals surface area contributed by atoms with Crippen LogP contribution in [0.5, 0.6) is 5.88 Å². The summed E-state index contributed by atoms with van der Waals surface area (Å²) in [6, 6.07) is 3.35. The molecule has 0 amide bonds. The number of aromatic nitrogens is 1. The van der Waals surface area contributed by atoms with Crippen molar-refractivity contribution in [1.82, 2.24) is 4.98 Å². The van der Waals surface area contributed by atoms with Crippen LogP contribution in [0.3, 0.4) is 0 Å². The van der Waals surface area contributed by atoms with Gasteiger partial charge in [-0.15, -0.1) is 0 Å². The Morgan fingerprint density at radius 1 is 1.62 bits per heavy atom. The smallest absolute Gasteiger partial charge is 0.315 e. The van der Waals surface area contributed by atoms with Crippen molar-refractivity contribution >= 4 is 11.7 Å². The third kappa shape index (κ3) is 1.77. The summed E-state index contributed by atoms with van der Waals surface area (Å²) < 4.78 is 4.99. The number of esters is 1. The Bertz CT molecular complexity index is 334. The lowest BCUT2D eigenvalue weighted by molar-refractivity contribution is -0.136. The number of hydrogen-bond acceptors (Lipinski definition) is 4. The lowest BCUT2D eigenvalue weighted by Crippen LogP contribution is -2.11. The molecule has 0 bridgehead atoms. The zero-order valence-corrected chi connectivity index (χ0v) is 7.06. The van der Waals surface area contributed by atoms with Gasteiger partial charge in [-0.3, -0.25) is 4.79 Å². The molecule has 1 saturated carbocycles. The number of carbonyl (C=O) groups excluding carboxylic acids is 1. The molecule has 0 saturated heterocycles. The lowest BCUT2D eigenvalue weighted by atomic mass is 10.4. The highest BCUT2D eigenvalue weighted by Crippen LogP contribution is 2.31. The lowest BCUT2D eigenvalue weighted by Gasteiger charge is -2.03. The van der Waals surface area contributed by atoms with Crippen molar-refractivity contribution in [3.8, 4) is 5.88 Å². The fraction of sp³-hybridized carbons (Fsp3) is 0.333. The Balaban J connectivity index is 2.08. The van der Waals surface area contributed by atoms with E-state index < -0.39 is 0 Å². The van der Waals surface area contributed by atoms with Crippen LogP contribution in [-0.2, 0) is 4.79 Å². The van der Waals surface area contributed by atoms with Crippen molar-refractivity contribution in [2.75, 3.05) is 5.73 Å².